The lowest BCUT2D eigenvalue weighted by molar-refractivity contribution is 0.498. The van der Waals surface area contributed by atoms with Crippen LogP contribution in [0.4, 0.5) is 14.5 Å². The molecule has 0 heterocycles. The van der Waals surface area contributed by atoms with E-state index < -0.39 is 17.7 Å². The molecule has 0 aliphatic heterocycles. The SMILES string of the molecule is N#CC(Nc1ccc(Br)cc1)c1cccc(F)c1F. The van der Waals surface area contributed by atoms with Gasteiger partial charge >= 0.3 is 0 Å². The molecule has 1 unspecified atom stereocenters. The molecule has 0 bridgehead atoms. The summed E-state index contributed by atoms with van der Waals surface area (Å²) in [6.07, 6.45) is 0. The Bertz CT molecular complexity index is 620. The molecule has 0 aliphatic carbocycles. The zero-order valence-electron chi connectivity index (χ0n) is 9.70. The summed E-state index contributed by atoms with van der Waals surface area (Å²) in [7, 11) is 0. The van der Waals surface area contributed by atoms with E-state index in [1.54, 1.807) is 24.3 Å². The first-order valence-corrected chi connectivity index (χ1v) is 6.26. The minimum Gasteiger partial charge on any atom is -0.366 e. The van der Waals surface area contributed by atoms with Crippen LogP contribution in [-0.4, -0.2) is 0 Å². The molecule has 96 valence electrons. The predicted octanol–water partition coefficient (Wildman–Crippen LogP) is 4.40. The van der Waals surface area contributed by atoms with Crippen molar-refractivity contribution in [2.24, 2.45) is 0 Å². The smallest absolute Gasteiger partial charge is 0.165 e. The monoisotopic (exact) mass is 322 g/mol. The second kappa shape index (κ2) is 5.81. The molecule has 5 heteroatoms. The summed E-state index contributed by atoms with van der Waals surface area (Å²) < 4.78 is 27.7. The highest BCUT2D eigenvalue weighted by atomic mass is 79.9. The number of hydrogen-bond donors (Lipinski definition) is 1. The molecular weight excluding hydrogens is 314 g/mol. The molecule has 0 fully saturated rings. The summed E-state index contributed by atoms with van der Waals surface area (Å²) in [5, 5.41) is 12.0. The van der Waals surface area contributed by atoms with Crippen molar-refractivity contribution < 1.29 is 8.78 Å². The van der Waals surface area contributed by atoms with Gasteiger partial charge in [0.1, 0.15) is 6.04 Å². The van der Waals surface area contributed by atoms with Gasteiger partial charge in [0, 0.05) is 15.7 Å². The number of rotatable bonds is 3. The van der Waals surface area contributed by atoms with E-state index in [0.717, 1.165) is 10.5 Å². The highest BCUT2D eigenvalue weighted by Crippen LogP contribution is 2.24. The molecule has 1 N–H and O–H groups in total. The van der Waals surface area contributed by atoms with Crippen LogP contribution in [0.2, 0.25) is 0 Å². The predicted molar refractivity (Wildman–Crippen MR) is 72.5 cm³/mol. The van der Waals surface area contributed by atoms with E-state index in [1.165, 1.54) is 12.1 Å². The van der Waals surface area contributed by atoms with Gasteiger partial charge in [0.05, 0.1) is 6.07 Å². The highest BCUT2D eigenvalue weighted by molar-refractivity contribution is 9.10. The first-order valence-electron chi connectivity index (χ1n) is 5.47. The minimum atomic E-state index is -1.00. The number of nitriles is 1. The first-order chi connectivity index (χ1) is 9.11. The van der Waals surface area contributed by atoms with Crippen molar-refractivity contribution in [3.8, 4) is 6.07 Å². The van der Waals surface area contributed by atoms with Crippen molar-refractivity contribution in [2.75, 3.05) is 5.32 Å². The second-order valence-corrected chi connectivity index (χ2v) is 4.77. The van der Waals surface area contributed by atoms with Gasteiger partial charge in [-0.2, -0.15) is 5.26 Å². The molecule has 0 saturated carbocycles. The molecule has 0 aliphatic rings. The van der Waals surface area contributed by atoms with Crippen LogP contribution >= 0.6 is 15.9 Å². The molecular formula is C14H9BrF2N2. The Balaban J connectivity index is 2.28. The summed E-state index contributed by atoms with van der Waals surface area (Å²) in [5.41, 5.74) is 0.642. The van der Waals surface area contributed by atoms with Gasteiger partial charge in [-0.05, 0) is 30.3 Å². The van der Waals surface area contributed by atoms with Crippen molar-refractivity contribution in [1.29, 1.82) is 5.26 Å². The fraction of sp³-hybridized carbons (Fsp3) is 0.0714. The highest BCUT2D eigenvalue weighted by Gasteiger charge is 2.17. The molecule has 1 atom stereocenters. The van der Waals surface area contributed by atoms with Crippen molar-refractivity contribution >= 4 is 21.6 Å². The maximum Gasteiger partial charge on any atom is 0.165 e. The van der Waals surface area contributed by atoms with Crippen molar-refractivity contribution in [1.82, 2.24) is 0 Å². The van der Waals surface area contributed by atoms with Gasteiger partial charge in [-0.1, -0.05) is 28.1 Å². The second-order valence-electron chi connectivity index (χ2n) is 3.86. The maximum atomic E-state index is 13.6. The average Bonchev–Trinajstić information content (AvgIpc) is 2.42. The number of benzene rings is 2. The molecule has 0 radical (unpaired) electrons. The van der Waals surface area contributed by atoms with Gasteiger partial charge in [0.15, 0.2) is 11.6 Å². The van der Waals surface area contributed by atoms with Crippen LogP contribution in [-0.2, 0) is 0 Å². The Kier molecular flexibility index (Phi) is 4.13. The standard InChI is InChI=1S/C14H9BrF2N2/c15-9-4-6-10(7-5-9)19-13(8-18)11-2-1-3-12(16)14(11)17/h1-7,13,19H. The van der Waals surface area contributed by atoms with Crippen LogP contribution in [0.25, 0.3) is 0 Å². The van der Waals surface area contributed by atoms with E-state index in [2.05, 4.69) is 21.2 Å². The Hall–Kier alpha value is -1.93. The lowest BCUT2D eigenvalue weighted by Crippen LogP contribution is -2.11. The topological polar surface area (TPSA) is 35.8 Å². The zero-order chi connectivity index (χ0) is 13.8. The third-order valence-corrected chi connectivity index (χ3v) is 3.11. The third kappa shape index (κ3) is 3.09. The van der Waals surface area contributed by atoms with Crippen molar-refractivity contribution in [3.63, 3.8) is 0 Å². The summed E-state index contributed by atoms with van der Waals surface area (Å²) in [5.74, 6) is -1.96. The molecule has 0 saturated heterocycles. The zero-order valence-corrected chi connectivity index (χ0v) is 11.3. The molecule has 0 spiro atoms. The van der Waals surface area contributed by atoms with Crippen LogP contribution in [0.5, 0.6) is 0 Å². The summed E-state index contributed by atoms with van der Waals surface area (Å²) in [6.45, 7) is 0. The van der Waals surface area contributed by atoms with Gasteiger partial charge in [0.2, 0.25) is 0 Å². The fourth-order valence-electron chi connectivity index (χ4n) is 1.64. The van der Waals surface area contributed by atoms with E-state index in [0.29, 0.717) is 5.69 Å². The molecule has 2 aromatic carbocycles. The molecule has 19 heavy (non-hydrogen) atoms. The third-order valence-electron chi connectivity index (χ3n) is 2.58. The summed E-state index contributed by atoms with van der Waals surface area (Å²) in [6, 6.07) is 11.8. The molecule has 2 aromatic rings. The van der Waals surface area contributed by atoms with Gasteiger partial charge in [-0.15, -0.1) is 0 Å². The van der Waals surface area contributed by atoms with Gasteiger partial charge in [-0.3, -0.25) is 0 Å². The first kappa shape index (κ1) is 13.5. The van der Waals surface area contributed by atoms with Crippen LogP contribution in [0.15, 0.2) is 46.9 Å². The number of nitrogens with zero attached hydrogens (tertiary/aromatic N) is 1. The van der Waals surface area contributed by atoms with E-state index in [4.69, 9.17) is 5.26 Å². The number of nitrogens with one attached hydrogen (secondary N) is 1. The quantitative estimate of drug-likeness (QED) is 0.908. The number of hydrogen-bond acceptors (Lipinski definition) is 2. The van der Waals surface area contributed by atoms with Crippen LogP contribution < -0.4 is 5.32 Å². The number of halogens is 3. The lowest BCUT2D eigenvalue weighted by atomic mass is 10.1. The largest absolute Gasteiger partial charge is 0.366 e. The molecule has 0 aromatic heterocycles. The van der Waals surface area contributed by atoms with Gasteiger partial charge < -0.3 is 5.32 Å². The van der Waals surface area contributed by atoms with Crippen LogP contribution in [0.1, 0.15) is 11.6 Å². The summed E-state index contributed by atoms with van der Waals surface area (Å²) >= 11 is 3.29. The Morgan fingerprint density at radius 3 is 2.42 bits per heavy atom. The van der Waals surface area contributed by atoms with Crippen molar-refractivity contribution in [2.45, 2.75) is 6.04 Å². The maximum absolute atomic E-state index is 13.6. The van der Waals surface area contributed by atoms with Crippen molar-refractivity contribution in [3.05, 3.63) is 64.1 Å². The van der Waals surface area contributed by atoms with E-state index >= 15 is 0 Å². The van der Waals surface area contributed by atoms with E-state index in [9.17, 15) is 8.78 Å². The fourth-order valence-corrected chi connectivity index (χ4v) is 1.90. The van der Waals surface area contributed by atoms with Crippen LogP contribution in [0, 0.1) is 23.0 Å². The van der Waals surface area contributed by atoms with E-state index in [1.807, 2.05) is 6.07 Å². The minimum absolute atomic E-state index is 0.00887. The Morgan fingerprint density at radius 2 is 1.79 bits per heavy atom. The number of anilines is 1. The molecule has 2 rings (SSSR count). The van der Waals surface area contributed by atoms with Gasteiger partial charge in [-0.25, -0.2) is 8.78 Å². The average molecular weight is 323 g/mol. The molecule has 2 nitrogen and oxygen atoms in total. The summed E-state index contributed by atoms with van der Waals surface area (Å²) in [4.78, 5) is 0. The van der Waals surface area contributed by atoms with Gasteiger partial charge in [0.25, 0.3) is 0 Å². The van der Waals surface area contributed by atoms with Crippen LogP contribution in [0.3, 0.4) is 0 Å². The Morgan fingerprint density at radius 1 is 1.11 bits per heavy atom. The molecule has 0 amide bonds. The Labute approximate surface area is 117 Å². The lowest BCUT2D eigenvalue weighted by Gasteiger charge is -2.14. The van der Waals surface area contributed by atoms with E-state index in [-0.39, 0.29) is 5.56 Å². The normalized spacial score (nSPS) is 11.7.